The Hall–Kier alpha value is -3.81. The monoisotopic (exact) mass is 589 g/mol. The number of piperazine rings is 1. The molecule has 0 spiro atoms. The maximum absolute atomic E-state index is 13.6. The molecule has 1 aromatic carbocycles. The van der Waals surface area contributed by atoms with E-state index in [1.54, 1.807) is 28.9 Å². The van der Waals surface area contributed by atoms with Crippen LogP contribution >= 0.6 is 12.4 Å². The van der Waals surface area contributed by atoms with Gasteiger partial charge >= 0.3 is 0 Å². The predicted octanol–water partition coefficient (Wildman–Crippen LogP) is 1.77. The molecule has 2 fully saturated rings. The number of anilines is 3. The first kappa shape index (κ1) is 30.2. The molecule has 0 unspecified atom stereocenters. The predicted molar refractivity (Wildman–Crippen MR) is 155 cm³/mol. The highest BCUT2D eigenvalue weighted by atomic mass is 35.5. The third-order valence-electron chi connectivity index (χ3n) is 7.35. The number of aliphatic hydroxyl groups excluding tert-OH is 1. The van der Waals surface area contributed by atoms with Crippen molar-refractivity contribution >= 4 is 41.8 Å². The van der Waals surface area contributed by atoms with E-state index in [-0.39, 0.29) is 30.8 Å². The van der Waals surface area contributed by atoms with Gasteiger partial charge in [0, 0.05) is 76.1 Å². The molecule has 5 rings (SSSR count). The van der Waals surface area contributed by atoms with Crippen LogP contribution in [0, 0.1) is 18.6 Å². The number of nitrogen functional groups attached to an aromatic ring is 1. The molecule has 4 N–H and O–H groups in total. The number of aromatic nitrogens is 4. The van der Waals surface area contributed by atoms with Crippen LogP contribution in [0.4, 0.5) is 26.2 Å². The molecule has 41 heavy (non-hydrogen) atoms. The van der Waals surface area contributed by atoms with Crippen molar-refractivity contribution in [2.45, 2.75) is 25.5 Å². The summed E-state index contributed by atoms with van der Waals surface area (Å²) in [4.78, 5) is 27.0. The number of hydrogen-bond acceptors (Lipinski definition) is 9. The van der Waals surface area contributed by atoms with Crippen LogP contribution in [0.5, 0.6) is 0 Å². The van der Waals surface area contributed by atoms with Crippen LogP contribution in [-0.2, 0) is 4.79 Å². The van der Waals surface area contributed by atoms with E-state index in [2.05, 4.69) is 31.4 Å². The van der Waals surface area contributed by atoms with E-state index >= 15 is 0 Å². The first-order valence-electron chi connectivity index (χ1n) is 13.2. The molecule has 2 aromatic heterocycles. The van der Waals surface area contributed by atoms with Crippen LogP contribution in [-0.4, -0.2) is 94.1 Å². The van der Waals surface area contributed by atoms with Crippen LogP contribution in [0.1, 0.15) is 17.7 Å². The second-order valence-corrected chi connectivity index (χ2v) is 10.0. The molecule has 0 saturated carbocycles. The summed E-state index contributed by atoms with van der Waals surface area (Å²) in [5, 5.41) is 17.3. The largest absolute Gasteiger partial charge is 0.391 e. The van der Waals surface area contributed by atoms with Gasteiger partial charge in [0.2, 0.25) is 11.9 Å². The zero-order valence-electron chi connectivity index (χ0n) is 22.9. The van der Waals surface area contributed by atoms with Gasteiger partial charge in [0.15, 0.2) is 5.82 Å². The Kier molecular flexibility index (Phi) is 9.41. The van der Waals surface area contributed by atoms with Gasteiger partial charge < -0.3 is 26.0 Å². The zero-order valence-corrected chi connectivity index (χ0v) is 23.7. The van der Waals surface area contributed by atoms with Crippen molar-refractivity contribution in [3.05, 3.63) is 59.4 Å². The van der Waals surface area contributed by atoms with Crippen molar-refractivity contribution in [3.63, 3.8) is 0 Å². The lowest BCUT2D eigenvalue weighted by Crippen LogP contribution is -2.46. The lowest BCUT2D eigenvalue weighted by atomic mass is 10.2. The van der Waals surface area contributed by atoms with Gasteiger partial charge in [0.1, 0.15) is 23.5 Å². The number of amides is 1. The van der Waals surface area contributed by atoms with E-state index < -0.39 is 23.8 Å². The Morgan fingerprint density at radius 1 is 1.12 bits per heavy atom. The van der Waals surface area contributed by atoms with Crippen LogP contribution in [0.2, 0.25) is 0 Å². The number of β-amino-alcohol motifs (C(OH)–C–C–N with tert-alkyl or cyclic N) is 1. The molecule has 2 aliphatic heterocycles. The fraction of sp³-hybridized carbons (Fsp3) is 0.407. The van der Waals surface area contributed by atoms with E-state index in [0.717, 1.165) is 37.0 Å². The molecule has 14 heteroatoms. The summed E-state index contributed by atoms with van der Waals surface area (Å²) in [5.41, 5.74) is 8.34. The number of benzene rings is 1. The number of carbonyl (C=O) groups is 1. The molecule has 220 valence electrons. The first-order chi connectivity index (χ1) is 19.2. The number of rotatable bonds is 7. The second kappa shape index (κ2) is 12.8. The van der Waals surface area contributed by atoms with Gasteiger partial charge in [-0.1, -0.05) is 12.2 Å². The Morgan fingerprint density at radius 2 is 1.80 bits per heavy atom. The summed E-state index contributed by atoms with van der Waals surface area (Å²) < 4.78 is 28.8. The molecular formula is C27H34ClF2N9O2. The van der Waals surface area contributed by atoms with E-state index in [4.69, 9.17) is 5.73 Å². The lowest BCUT2D eigenvalue weighted by Gasteiger charge is -2.35. The number of carbonyl (C=O) groups excluding carboxylic acids is 1. The quantitative estimate of drug-likeness (QED) is 0.378. The van der Waals surface area contributed by atoms with Crippen LogP contribution in [0.25, 0.3) is 11.9 Å². The topological polar surface area (TPSA) is 129 Å². The first-order valence-corrected chi connectivity index (χ1v) is 13.2. The lowest BCUT2D eigenvalue weighted by molar-refractivity contribution is -0.121. The Bertz CT molecular complexity index is 1390. The number of nitrogens with zero attached hydrogens (tertiary/aromatic N) is 7. The minimum atomic E-state index is -0.655. The molecule has 4 heterocycles. The third kappa shape index (κ3) is 6.75. The number of likely N-dealkylation sites (N-methyl/N-ethyl adjacent to an activating group) is 1. The van der Waals surface area contributed by atoms with Gasteiger partial charge in [-0.25, -0.2) is 13.5 Å². The SMILES string of the molecule is CNC(=O)[C@@H]1C[C@H](O)CN1c1cc(-n2ncc(C=CCN3CCN(c4cc(F)cc(F)c4)CC3)c2C)nc(N)n1.Cl. The molecular weight excluding hydrogens is 556 g/mol. The molecule has 2 aliphatic rings. The number of halogens is 3. The van der Waals surface area contributed by atoms with Crippen molar-refractivity contribution in [2.75, 3.05) is 61.8 Å². The third-order valence-corrected chi connectivity index (χ3v) is 7.35. The van der Waals surface area contributed by atoms with Crippen molar-refractivity contribution in [3.8, 4) is 5.82 Å². The fourth-order valence-electron chi connectivity index (χ4n) is 5.23. The van der Waals surface area contributed by atoms with E-state index in [1.165, 1.54) is 12.1 Å². The minimum absolute atomic E-state index is 0. The average molecular weight is 590 g/mol. The fourth-order valence-corrected chi connectivity index (χ4v) is 5.23. The highest BCUT2D eigenvalue weighted by Gasteiger charge is 2.36. The second-order valence-electron chi connectivity index (χ2n) is 10.0. The molecule has 2 saturated heterocycles. The summed E-state index contributed by atoms with van der Waals surface area (Å²) in [6.07, 6.45) is 5.44. The Labute approximate surface area is 243 Å². The van der Waals surface area contributed by atoms with Crippen LogP contribution < -0.4 is 20.9 Å². The molecule has 3 aromatic rings. The minimum Gasteiger partial charge on any atom is -0.391 e. The smallest absolute Gasteiger partial charge is 0.242 e. The Balaban J connectivity index is 0.00000387. The van der Waals surface area contributed by atoms with E-state index in [9.17, 15) is 18.7 Å². The number of hydrogen-bond donors (Lipinski definition) is 3. The van der Waals surface area contributed by atoms with Gasteiger partial charge in [0.05, 0.1) is 18.0 Å². The summed E-state index contributed by atoms with van der Waals surface area (Å²) in [5.74, 6) is -0.402. The summed E-state index contributed by atoms with van der Waals surface area (Å²) >= 11 is 0. The number of nitrogens with two attached hydrogens (primary N) is 1. The highest BCUT2D eigenvalue weighted by Crippen LogP contribution is 2.27. The molecule has 0 radical (unpaired) electrons. The van der Waals surface area contributed by atoms with Crippen molar-refractivity contribution in [1.29, 1.82) is 0 Å². The molecule has 0 aliphatic carbocycles. The molecule has 11 nitrogen and oxygen atoms in total. The number of aliphatic hydroxyl groups is 1. The van der Waals surface area contributed by atoms with Crippen LogP contribution in [0.15, 0.2) is 36.5 Å². The zero-order chi connectivity index (χ0) is 28.4. The van der Waals surface area contributed by atoms with Gasteiger partial charge in [-0.2, -0.15) is 15.1 Å². The van der Waals surface area contributed by atoms with Gasteiger partial charge in [-0.05, 0) is 19.1 Å². The van der Waals surface area contributed by atoms with Crippen LogP contribution in [0.3, 0.4) is 0 Å². The summed E-state index contributed by atoms with van der Waals surface area (Å²) in [6, 6.07) is 4.76. The van der Waals surface area contributed by atoms with Gasteiger partial charge in [-0.15, -0.1) is 12.4 Å². The van der Waals surface area contributed by atoms with Crippen molar-refractivity contribution < 1.29 is 18.7 Å². The summed E-state index contributed by atoms with van der Waals surface area (Å²) in [7, 11) is 1.56. The molecule has 2 atom stereocenters. The van der Waals surface area contributed by atoms with E-state index in [0.29, 0.717) is 36.8 Å². The van der Waals surface area contributed by atoms with Gasteiger partial charge in [-0.3, -0.25) is 9.69 Å². The number of nitrogens with one attached hydrogen (secondary N) is 1. The molecule has 1 amide bonds. The maximum atomic E-state index is 13.6. The van der Waals surface area contributed by atoms with Crippen molar-refractivity contribution in [1.82, 2.24) is 30.0 Å². The highest BCUT2D eigenvalue weighted by molar-refractivity contribution is 5.86. The molecule has 0 bridgehead atoms. The normalized spacial score (nSPS) is 19.5. The van der Waals surface area contributed by atoms with Crippen molar-refractivity contribution in [2.24, 2.45) is 0 Å². The van der Waals surface area contributed by atoms with E-state index in [1.807, 2.05) is 17.9 Å². The standard InChI is InChI=1S/C27H33F2N9O2.ClH/c1-17-18(4-3-5-35-6-8-36(9-7-35)21-11-19(28)10-20(29)12-21)15-32-38(17)25-14-24(33-27(30)34-25)37-16-22(39)13-23(37)26(40)31-2;/h3-4,10-12,14-15,22-23,39H,5-9,13,16H2,1-2H3,(H,31,40)(H2,30,33,34);1H/t22-,23-;/m0./s1. The summed E-state index contributed by atoms with van der Waals surface area (Å²) in [6.45, 7) is 5.80. The maximum Gasteiger partial charge on any atom is 0.242 e. The average Bonchev–Trinajstić information content (AvgIpc) is 3.50. The van der Waals surface area contributed by atoms with Gasteiger partial charge in [0.25, 0.3) is 0 Å². The Morgan fingerprint density at radius 3 is 2.49 bits per heavy atom.